The van der Waals surface area contributed by atoms with E-state index in [0.717, 1.165) is 0 Å². The molecule has 0 saturated heterocycles. The standard InChI is InChI=1S/C4H4F3.Y/c1-2-3-4(5,6)7;/h3H,1H3;/q-1;. The first-order valence-electron chi connectivity index (χ1n) is 1.64. The van der Waals surface area contributed by atoms with Crippen molar-refractivity contribution in [1.82, 2.24) is 0 Å². The summed E-state index contributed by atoms with van der Waals surface area (Å²) >= 11 is 0. The first kappa shape index (κ1) is 11.4. The SMILES string of the molecule is C[C-]=CC(F)(F)F.[Y]. The summed E-state index contributed by atoms with van der Waals surface area (Å²) in [5.41, 5.74) is 0. The molecule has 0 aromatic rings. The van der Waals surface area contributed by atoms with Gasteiger partial charge in [0.15, 0.2) is 0 Å². The number of alkyl halides is 3. The molecule has 0 nitrogen and oxygen atoms in total. The van der Waals surface area contributed by atoms with Gasteiger partial charge in [-0.15, -0.1) is 0 Å². The first-order chi connectivity index (χ1) is 3.06. The van der Waals surface area contributed by atoms with Gasteiger partial charge in [-0.1, -0.05) is 0 Å². The number of halogens is 3. The van der Waals surface area contributed by atoms with E-state index in [2.05, 4.69) is 0 Å². The van der Waals surface area contributed by atoms with Gasteiger partial charge in [0.05, 0.1) is 0 Å². The molecule has 0 N–H and O–H groups in total. The van der Waals surface area contributed by atoms with Crippen molar-refractivity contribution in [2.24, 2.45) is 0 Å². The second-order valence-corrected chi connectivity index (χ2v) is 0.975. The molecule has 0 unspecified atom stereocenters. The van der Waals surface area contributed by atoms with Crippen LogP contribution in [0.4, 0.5) is 13.2 Å². The minimum absolute atomic E-state index is 0. The predicted molar refractivity (Wildman–Crippen MR) is 19.5 cm³/mol. The molecule has 0 saturated carbocycles. The third-order valence-electron chi connectivity index (χ3n) is 0.308. The second kappa shape index (κ2) is 4.51. The van der Waals surface area contributed by atoms with Gasteiger partial charge in [0, 0.05) is 32.7 Å². The van der Waals surface area contributed by atoms with E-state index in [4.69, 9.17) is 0 Å². The van der Waals surface area contributed by atoms with Gasteiger partial charge in [0.25, 0.3) is 0 Å². The van der Waals surface area contributed by atoms with Crippen LogP contribution in [0.1, 0.15) is 6.92 Å². The summed E-state index contributed by atoms with van der Waals surface area (Å²) in [6.45, 7) is 1.20. The van der Waals surface area contributed by atoms with Crippen LogP contribution in [0.3, 0.4) is 0 Å². The van der Waals surface area contributed by atoms with Crippen molar-refractivity contribution in [1.29, 1.82) is 0 Å². The Morgan fingerprint density at radius 1 is 1.38 bits per heavy atom. The van der Waals surface area contributed by atoms with Crippen LogP contribution in [-0.2, 0) is 32.7 Å². The summed E-state index contributed by atoms with van der Waals surface area (Å²) < 4.78 is 32.8. The Labute approximate surface area is 71.0 Å². The zero-order valence-electron chi connectivity index (χ0n) is 4.29. The average molecular weight is 198 g/mol. The van der Waals surface area contributed by atoms with E-state index in [0.29, 0.717) is 0 Å². The minimum atomic E-state index is -4.19. The molecule has 0 amide bonds. The Hall–Kier alpha value is 0.634. The third-order valence-corrected chi connectivity index (χ3v) is 0.308. The van der Waals surface area contributed by atoms with Crippen LogP contribution in [0.5, 0.6) is 0 Å². The molecule has 0 aliphatic rings. The Balaban J connectivity index is 0. The summed E-state index contributed by atoms with van der Waals surface area (Å²) in [5.74, 6) is 0. The molecule has 8 heavy (non-hydrogen) atoms. The summed E-state index contributed by atoms with van der Waals surface area (Å²) in [5, 5.41) is 0. The van der Waals surface area contributed by atoms with Gasteiger partial charge in [-0.25, -0.2) is 0 Å². The molecule has 0 aliphatic carbocycles. The smallest absolute Gasteiger partial charge is 0.378 e. The summed E-state index contributed by atoms with van der Waals surface area (Å²) in [6.07, 6.45) is -2.27. The molecule has 0 aromatic carbocycles. The van der Waals surface area contributed by atoms with Crippen molar-refractivity contribution < 1.29 is 45.9 Å². The molecule has 0 heterocycles. The maximum absolute atomic E-state index is 10.9. The van der Waals surface area contributed by atoms with Crippen LogP contribution in [0.25, 0.3) is 0 Å². The topological polar surface area (TPSA) is 0 Å². The number of hydrogen-bond donors (Lipinski definition) is 0. The quantitative estimate of drug-likeness (QED) is 0.521. The van der Waals surface area contributed by atoms with Crippen LogP contribution in [0.2, 0.25) is 0 Å². The van der Waals surface area contributed by atoms with E-state index in [9.17, 15) is 13.2 Å². The second-order valence-electron chi connectivity index (χ2n) is 0.975. The van der Waals surface area contributed by atoms with Crippen molar-refractivity contribution in [3.05, 3.63) is 12.2 Å². The van der Waals surface area contributed by atoms with Gasteiger partial charge in [-0.3, -0.25) is 0 Å². The van der Waals surface area contributed by atoms with E-state index in [1.165, 1.54) is 6.92 Å². The number of rotatable bonds is 0. The zero-order chi connectivity index (χ0) is 5.91. The van der Waals surface area contributed by atoms with Gasteiger partial charge < -0.3 is 6.08 Å². The Kier molecular flexibility index (Phi) is 6.44. The van der Waals surface area contributed by atoms with E-state index < -0.39 is 6.18 Å². The van der Waals surface area contributed by atoms with Gasteiger partial charge in [-0.05, 0) is 0 Å². The minimum Gasteiger partial charge on any atom is -0.495 e. The van der Waals surface area contributed by atoms with Crippen LogP contribution in [0.15, 0.2) is 6.08 Å². The van der Waals surface area contributed by atoms with Crippen LogP contribution < -0.4 is 0 Å². The molecule has 0 aromatic heterocycles. The first-order valence-corrected chi connectivity index (χ1v) is 1.64. The van der Waals surface area contributed by atoms with Gasteiger partial charge >= 0.3 is 6.18 Å². The van der Waals surface area contributed by atoms with Crippen molar-refractivity contribution in [3.63, 3.8) is 0 Å². The summed E-state index contributed by atoms with van der Waals surface area (Å²) in [4.78, 5) is 0. The van der Waals surface area contributed by atoms with E-state index >= 15 is 0 Å². The fourth-order valence-electron chi connectivity index (χ4n) is 0.164. The van der Waals surface area contributed by atoms with E-state index in [1.807, 2.05) is 6.08 Å². The Bertz CT molecular complexity index is 73.8. The van der Waals surface area contributed by atoms with E-state index in [1.54, 1.807) is 0 Å². The Morgan fingerprint density at radius 2 is 1.75 bits per heavy atom. The number of allylic oxidation sites excluding steroid dienone is 2. The molecule has 0 spiro atoms. The zero-order valence-corrected chi connectivity index (χ0v) is 7.13. The molecule has 45 valence electrons. The summed E-state index contributed by atoms with van der Waals surface area (Å²) in [6, 6.07) is 0. The van der Waals surface area contributed by atoms with Gasteiger partial charge in [0.1, 0.15) is 0 Å². The fourth-order valence-corrected chi connectivity index (χ4v) is 0.164. The van der Waals surface area contributed by atoms with E-state index in [-0.39, 0.29) is 38.8 Å². The normalized spacial score (nSPS) is 11.5. The number of hydrogen-bond acceptors (Lipinski definition) is 0. The largest absolute Gasteiger partial charge is 0.495 e. The molecule has 0 aliphatic heterocycles. The van der Waals surface area contributed by atoms with Crippen LogP contribution in [0, 0.1) is 6.08 Å². The maximum atomic E-state index is 10.9. The summed E-state index contributed by atoms with van der Waals surface area (Å²) in [7, 11) is 0. The molecule has 4 heteroatoms. The average Bonchev–Trinajstić information content (AvgIpc) is 1.30. The molecular weight excluding hydrogens is 194 g/mol. The molecule has 1 radical (unpaired) electrons. The fraction of sp³-hybridized carbons (Fsp3) is 0.500. The molecular formula is C4H4F3Y-. The molecule has 0 bridgehead atoms. The van der Waals surface area contributed by atoms with Crippen molar-refractivity contribution in [3.8, 4) is 0 Å². The van der Waals surface area contributed by atoms with Gasteiger partial charge in [0.2, 0.25) is 0 Å². The van der Waals surface area contributed by atoms with Crippen molar-refractivity contribution >= 4 is 0 Å². The molecule has 0 rings (SSSR count). The van der Waals surface area contributed by atoms with Crippen molar-refractivity contribution in [2.75, 3.05) is 0 Å². The monoisotopic (exact) mass is 198 g/mol. The Morgan fingerprint density at radius 3 is 1.75 bits per heavy atom. The third kappa shape index (κ3) is 9.81. The van der Waals surface area contributed by atoms with Crippen LogP contribution in [-0.4, -0.2) is 6.18 Å². The van der Waals surface area contributed by atoms with Gasteiger partial charge in [-0.2, -0.15) is 26.2 Å². The molecule has 0 fully saturated rings. The predicted octanol–water partition coefficient (Wildman–Crippen LogP) is 1.93. The van der Waals surface area contributed by atoms with Crippen LogP contribution >= 0.6 is 0 Å². The van der Waals surface area contributed by atoms with Crippen molar-refractivity contribution in [2.45, 2.75) is 13.1 Å². The maximum Gasteiger partial charge on any atom is 0.378 e. The molecule has 0 atom stereocenters.